The zero-order valence-electron chi connectivity index (χ0n) is 6.21. The second kappa shape index (κ2) is 2.53. The van der Waals surface area contributed by atoms with Crippen LogP contribution in [0.15, 0.2) is 18.2 Å². The SMILES string of the molecule is O=C1CCC2C=C[C]=CC2N1. The van der Waals surface area contributed by atoms with Crippen molar-refractivity contribution in [1.82, 2.24) is 5.32 Å². The lowest BCUT2D eigenvalue weighted by atomic mass is 9.87. The van der Waals surface area contributed by atoms with E-state index in [2.05, 4.69) is 17.5 Å². The summed E-state index contributed by atoms with van der Waals surface area (Å²) in [5.74, 6) is 0.675. The first kappa shape index (κ1) is 6.65. The Labute approximate surface area is 66.0 Å². The van der Waals surface area contributed by atoms with Crippen molar-refractivity contribution < 1.29 is 4.79 Å². The van der Waals surface area contributed by atoms with Crippen LogP contribution in [0.2, 0.25) is 0 Å². The summed E-state index contributed by atoms with van der Waals surface area (Å²) < 4.78 is 0. The molecule has 1 fully saturated rings. The van der Waals surface area contributed by atoms with E-state index in [1.165, 1.54) is 0 Å². The Morgan fingerprint density at radius 3 is 3.45 bits per heavy atom. The summed E-state index contributed by atoms with van der Waals surface area (Å²) in [6, 6.07) is 0.209. The number of carbonyl (C=O) groups is 1. The molecule has 1 aliphatic carbocycles. The van der Waals surface area contributed by atoms with Gasteiger partial charge in [-0.05, 0) is 12.5 Å². The fourth-order valence-corrected chi connectivity index (χ4v) is 1.56. The van der Waals surface area contributed by atoms with E-state index in [0.29, 0.717) is 12.3 Å². The van der Waals surface area contributed by atoms with Gasteiger partial charge in [-0.2, -0.15) is 0 Å². The molecule has 1 aliphatic heterocycles. The zero-order chi connectivity index (χ0) is 7.68. The molecule has 2 rings (SSSR count). The molecule has 1 N–H and O–H groups in total. The second-order valence-corrected chi connectivity index (χ2v) is 2.99. The van der Waals surface area contributed by atoms with Gasteiger partial charge in [0.15, 0.2) is 0 Å². The van der Waals surface area contributed by atoms with Crippen molar-refractivity contribution in [3.05, 3.63) is 24.3 Å². The highest BCUT2D eigenvalue weighted by molar-refractivity contribution is 5.77. The van der Waals surface area contributed by atoms with Gasteiger partial charge in [0.2, 0.25) is 5.91 Å². The van der Waals surface area contributed by atoms with Gasteiger partial charge in [0, 0.05) is 12.3 Å². The monoisotopic (exact) mass is 148 g/mol. The molecule has 2 nitrogen and oxygen atoms in total. The maximum absolute atomic E-state index is 10.9. The molecule has 2 atom stereocenters. The minimum Gasteiger partial charge on any atom is -0.349 e. The number of carbonyl (C=O) groups excluding carboxylic acids is 1. The van der Waals surface area contributed by atoms with Crippen LogP contribution >= 0.6 is 0 Å². The molecule has 1 radical (unpaired) electrons. The molecule has 1 heterocycles. The molecule has 0 aromatic rings. The molecular formula is C9H10NO. The van der Waals surface area contributed by atoms with Crippen molar-refractivity contribution in [2.24, 2.45) is 5.92 Å². The lowest BCUT2D eigenvalue weighted by molar-refractivity contribution is -0.123. The molecule has 1 saturated heterocycles. The fourth-order valence-electron chi connectivity index (χ4n) is 1.56. The first-order valence-corrected chi connectivity index (χ1v) is 3.92. The van der Waals surface area contributed by atoms with Crippen molar-refractivity contribution in [2.75, 3.05) is 0 Å². The molecule has 2 aliphatic rings. The van der Waals surface area contributed by atoms with Gasteiger partial charge < -0.3 is 5.32 Å². The van der Waals surface area contributed by atoms with Crippen LogP contribution < -0.4 is 5.32 Å². The third-order valence-electron chi connectivity index (χ3n) is 2.21. The maximum atomic E-state index is 10.9. The summed E-state index contributed by atoms with van der Waals surface area (Å²) in [6.45, 7) is 0. The highest BCUT2D eigenvalue weighted by Crippen LogP contribution is 2.21. The summed E-state index contributed by atoms with van der Waals surface area (Å²) in [7, 11) is 0. The summed E-state index contributed by atoms with van der Waals surface area (Å²) in [4.78, 5) is 10.9. The van der Waals surface area contributed by atoms with Crippen molar-refractivity contribution in [3.8, 4) is 0 Å². The summed E-state index contributed by atoms with van der Waals surface area (Å²) in [6.07, 6.45) is 10.6. The van der Waals surface area contributed by atoms with Crippen LogP contribution in [0.5, 0.6) is 0 Å². The van der Waals surface area contributed by atoms with E-state index in [4.69, 9.17) is 0 Å². The number of amides is 1. The van der Waals surface area contributed by atoms with Crippen LogP contribution in [0.25, 0.3) is 0 Å². The molecule has 0 saturated carbocycles. The van der Waals surface area contributed by atoms with Crippen LogP contribution in [0.4, 0.5) is 0 Å². The lowest BCUT2D eigenvalue weighted by Gasteiger charge is -2.29. The number of rotatable bonds is 0. The largest absolute Gasteiger partial charge is 0.349 e. The Bertz CT molecular complexity index is 230. The minimum atomic E-state index is 0.166. The number of hydrogen-bond donors (Lipinski definition) is 1. The zero-order valence-corrected chi connectivity index (χ0v) is 6.21. The summed E-state index contributed by atoms with van der Waals surface area (Å²) >= 11 is 0. The number of fused-ring (bicyclic) bond motifs is 1. The van der Waals surface area contributed by atoms with E-state index in [1.807, 2.05) is 12.2 Å². The van der Waals surface area contributed by atoms with Crippen molar-refractivity contribution >= 4 is 5.91 Å². The Morgan fingerprint density at radius 2 is 2.55 bits per heavy atom. The van der Waals surface area contributed by atoms with Gasteiger partial charge in [-0.3, -0.25) is 4.79 Å². The van der Waals surface area contributed by atoms with E-state index >= 15 is 0 Å². The van der Waals surface area contributed by atoms with Crippen molar-refractivity contribution in [3.63, 3.8) is 0 Å². The van der Waals surface area contributed by atoms with Crippen LogP contribution in [0, 0.1) is 12.0 Å². The normalized spacial score (nSPS) is 34.7. The van der Waals surface area contributed by atoms with E-state index < -0.39 is 0 Å². The molecule has 11 heavy (non-hydrogen) atoms. The summed E-state index contributed by atoms with van der Waals surface area (Å²) in [5.41, 5.74) is 0. The minimum absolute atomic E-state index is 0.166. The quantitative estimate of drug-likeness (QED) is 0.541. The highest BCUT2D eigenvalue weighted by Gasteiger charge is 2.25. The molecule has 0 bridgehead atoms. The molecule has 2 unspecified atom stereocenters. The average molecular weight is 148 g/mol. The molecule has 2 heteroatoms. The molecule has 0 aromatic carbocycles. The molecule has 0 spiro atoms. The van der Waals surface area contributed by atoms with E-state index in [-0.39, 0.29) is 11.9 Å². The third kappa shape index (κ3) is 1.20. The van der Waals surface area contributed by atoms with Gasteiger partial charge >= 0.3 is 0 Å². The number of allylic oxidation sites excluding steroid dienone is 2. The Kier molecular flexibility index (Phi) is 1.53. The van der Waals surface area contributed by atoms with Gasteiger partial charge in [0.25, 0.3) is 0 Å². The van der Waals surface area contributed by atoms with Crippen LogP contribution in [-0.2, 0) is 4.79 Å². The summed E-state index contributed by atoms with van der Waals surface area (Å²) in [5, 5.41) is 2.91. The molecule has 1 amide bonds. The number of piperidine rings is 1. The Hall–Kier alpha value is -1.05. The van der Waals surface area contributed by atoms with E-state index in [1.54, 1.807) is 0 Å². The smallest absolute Gasteiger partial charge is 0.220 e. The Morgan fingerprint density at radius 1 is 1.64 bits per heavy atom. The first-order valence-electron chi connectivity index (χ1n) is 3.92. The average Bonchev–Trinajstić information content (AvgIpc) is 2.04. The fraction of sp³-hybridized carbons (Fsp3) is 0.444. The lowest BCUT2D eigenvalue weighted by Crippen LogP contribution is -2.43. The molecular weight excluding hydrogens is 138 g/mol. The number of hydrogen-bond acceptors (Lipinski definition) is 1. The standard InChI is InChI=1S/C9H10NO/c11-9-6-5-7-3-1-2-4-8(7)10-9/h1,3-4,7-8H,5-6H2,(H,10,11). The first-order chi connectivity index (χ1) is 5.36. The van der Waals surface area contributed by atoms with Gasteiger partial charge in [0.1, 0.15) is 0 Å². The third-order valence-corrected chi connectivity index (χ3v) is 2.21. The number of nitrogens with one attached hydrogen (secondary N) is 1. The van der Waals surface area contributed by atoms with Crippen LogP contribution in [0.1, 0.15) is 12.8 Å². The van der Waals surface area contributed by atoms with Gasteiger partial charge in [0.05, 0.1) is 6.04 Å². The van der Waals surface area contributed by atoms with Gasteiger partial charge in [-0.15, -0.1) is 0 Å². The van der Waals surface area contributed by atoms with Gasteiger partial charge in [-0.25, -0.2) is 0 Å². The van der Waals surface area contributed by atoms with E-state index in [0.717, 1.165) is 6.42 Å². The maximum Gasteiger partial charge on any atom is 0.220 e. The highest BCUT2D eigenvalue weighted by atomic mass is 16.1. The van der Waals surface area contributed by atoms with Crippen LogP contribution in [0.3, 0.4) is 0 Å². The second-order valence-electron chi connectivity index (χ2n) is 2.99. The van der Waals surface area contributed by atoms with Gasteiger partial charge in [-0.1, -0.05) is 18.2 Å². The van der Waals surface area contributed by atoms with Crippen molar-refractivity contribution in [1.29, 1.82) is 0 Å². The topological polar surface area (TPSA) is 29.1 Å². The predicted octanol–water partition coefficient (Wildman–Crippen LogP) is 0.810. The predicted molar refractivity (Wildman–Crippen MR) is 41.6 cm³/mol. The Balaban J connectivity index is 2.12. The van der Waals surface area contributed by atoms with Crippen molar-refractivity contribution in [2.45, 2.75) is 18.9 Å². The van der Waals surface area contributed by atoms with Crippen LogP contribution in [-0.4, -0.2) is 11.9 Å². The molecule has 57 valence electrons. The van der Waals surface area contributed by atoms with E-state index in [9.17, 15) is 4.79 Å². The molecule has 0 aromatic heterocycles.